The fourth-order valence-corrected chi connectivity index (χ4v) is 5.06. The summed E-state index contributed by atoms with van der Waals surface area (Å²) in [5.74, 6) is -8.05. The average molecular weight is 703 g/mol. The second-order valence-electron chi connectivity index (χ2n) is 12.3. The molecule has 0 unspecified atom stereocenters. The highest BCUT2D eigenvalue weighted by molar-refractivity contribution is 5.96. The molecule has 2 aromatic rings. The summed E-state index contributed by atoms with van der Waals surface area (Å²) in [4.78, 5) is 102. The lowest BCUT2D eigenvalue weighted by molar-refractivity contribution is -0.143. The number of hydrogen-bond acceptors (Lipinski definition) is 9. The first kappa shape index (κ1) is 40.7. The third-order valence-electron chi connectivity index (χ3n) is 7.68. The first-order valence-electron chi connectivity index (χ1n) is 16.0. The number of H-pyrrole nitrogens is 1. The molecule has 18 nitrogen and oxygen atoms in total. The fourth-order valence-electron chi connectivity index (χ4n) is 5.06. The van der Waals surface area contributed by atoms with Gasteiger partial charge in [0.25, 0.3) is 0 Å². The number of para-hydroxylation sites is 1. The van der Waals surface area contributed by atoms with Gasteiger partial charge in [-0.2, -0.15) is 0 Å². The molecule has 0 bridgehead atoms. The van der Waals surface area contributed by atoms with E-state index < -0.39 is 84.0 Å². The van der Waals surface area contributed by atoms with Gasteiger partial charge in [-0.05, 0) is 49.7 Å². The molecule has 0 aliphatic rings. The number of aromatic amines is 1. The number of hydrogen-bond donors (Lipinski definition) is 10. The Labute approximate surface area is 287 Å². The van der Waals surface area contributed by atoms with E-state index in [0.29, 0.717) is 0 Å². The van der Waals surface area contributed by atoms with Crippen molar-refractivity contribution in [3.63, 3.8) is 0 Å². The minimum absolute atomic E-state index is 0.0256. The molecule has 18 heteroatoms. The number of benzene rings is 1. The Morgan fingerprint density at radius 1 is 0.700 bits per heavy atom. The molecule has 274 valence electrons. The third kappa shape index (κ3) is 13.5. The van der Waals surface area contributed by atoms with Gasteiger partial charge >= 0.3 is 11.9 Å². The van der Waals surface area contributed by atoms with Crippen molar-refractivity contribution in [2.45, 2.75) is 95.4 Å². The number of amides is 6. The first-order valence-corrected chi connectivity index (χ1v) is 16.0. The van der Waals surface area contributed by atoms with Crippen molar-refractivity contribution >= 4 is 58.3 Å². The van der Waals surface area contributed by atoms with Gasteiger partial charge < -0.3 is 53.7 Å². The van der Waals surface area contributed by atoms with Crippen molar-refractivity contribution in [1.82, 2.24) is 26.3 Å². The van der Waals surface area contributed by atoms with Crippen molar-refractivity contribution < 1.29 is 48.6 Å². The van der Waals surface area contributed by atoms with E-state index >= 15 is 0 Å². The molecule has 0 aliphatic heterocycles. The number of carboxylic acids is 2. The Bertz CT molecular complexity index is 1560. The van der Waals surface area contributed by atoms with Gasteiger partial charge in [0.15, 0.2) is 0 Å². The molecule has 0 radical (unpaired) electrons. The molecular weight excluding hydrogens is 656 g/mol. The maximum Gasteiger partial charge on any atom is 0.326 e. The van der Waals surface area contributed by atoms with Crippen LogP contribution in [0.4, 0.5) is 0 Å². The van der Waals surface area contributed by atoms with Gasteiger partial charge in [-0.1, -0.05) is 32.0 Å². The van der Waals surface area contributed by atoms with E-state index in [0.717, 1.165) is 16.5 Å². The molecule has 0 saturated heterocycles. The van der Waals surface area contributed by atoms with Gasteiger partial charge in [-0.15, -0.1) is 0 Å². The molecule has 0 aliphatic carbocycles. The topological polar surface area (TPSA) is 319 Å². The Morgan fingerprint density at radius 2 is 1.18 bits per heavy atom. The molecule has 1 aromatic carbocycles. The van der Waals surface area contributed by atoms with Crippen molar-refractivity contribution in [1.29, 1.82) is 0 Å². The first-order chi connectivity index (χ1) is 23.5. The van der Waals surface area contributed by atoms with Crippen LogP contribution in [0.25, 0.3) is 10.9 Å². The molecule has 6 amide bonds. The lowest BCUT2D eigenvalue weighted by atomic mass is 10.0. The van der Waals surface area contributed by atoms with Crippen molar-refractivity contribution in [2.75, 3.05) is 0 Å². The standard InChI is InChI=1S/C32H46N8O10/c1-16(2)13-24(31(48)38-21(7-10-25(34)41)29(46)39-23(32(49)50)8-11-26(35)42)40-30(47)22(9-12-27(43)44)37-28(45)19(33)14-17-15-36-20-6-4-3-5-18(17)20/h3-6,15-16,19,21-24,36H,7-14,33H2,1-2H3,(H2,34,41)(H2,35,42)(H,37,45)(H,38,48)(H,39,46)(H,40,47)(H,43,44)(H,49,50)/t19-,21-,22-,23-,24-/m0/s1. The largest absolute Gasteiger partial charge is 0.481 e. The van der Waals surface area contributed by atoms with Gasteiger partial charge in [0, 0.05) is 36.4 Å². The Balaban J connectivity index is 2.23. The number of carbonyl (C=O) groups excluding carboxylic acids is 6. The minimum atomic E-state index is -1.55. The smallest absolute Gasteiger partial charge is 0.326 e. The zero-order valence-corrected chi connectivity index (χ0v) is 27.9. The summed E-state index contributed by atoms with van der Waals surface area (Å²) in [6.45, 7) is 3.49. The Morgan fingerprint density at radius 3 is 1.72 bits per heavy atom. The van der Waals surface area contributed by atoms with Crippen molar-refractivity contribution in [2.24, 2.45) is 23.1 Å². The summed E-state index contributed by atoms with van der Waals surface area (Å²) >= 11 is 0. The van der Waals surface area contributed by atoms with Crippen LogP contribution >= 0.6 is 0 Å². The zero-order valence-electron chi connectivity index (χ0n) is 27.9. The second-order valence-corrected chi connectivity index (χ2v) is 12.3. The predicted molar refractivity (Wildman–Crippen MR) is 179 cm³/mol. The maximum absolute atomic E-state index is 13.5. The van der Waals surface area contributed by atoms with Crippen LogP contribution in [-0.2, 0) is 44.8 Å². The van der Waals surface area contributed by atoms with Crippen LogP contribution in [0.3, 0.4) is 0 Å². The highest BCUT2D eigenvalue weighted by Gasteiger charge is 2.32. The number of aliphatic carboxylic acids is 2. The van der Waals surface area contributed by atoms with Crippen LogP contribution < -0.4 is 38.5 Å². The van der Waals surface area contributed by atoms with E-state index in [1.807, 2.05) is 24.3 Å². The highest BCUT2D eigenvalue weighted by Crippen LogP contribution is 2.19. The number of aromatic nitrogens is 1. The average Bonchev–Trinajstić information content (AvgIpc) is 3.44. The molecular formula is C32H46N8O10. The van der Waals surface area contributed by atoms with Crippen LogP contribution in [-0.4, -0.2) is 92.8 Å². The second kappa shape index (κ2) is 19.5. The number of nitrogens with two attached hydrogens (primary N) is 3. The van der Waals surface area contributed by atoms with E-state index in [1.165, 1.54) is 0 Å². The van der Waals surface area contributed by atoms with E-state index in [-0.39, 0.29) is 50.9 Å². The number of fused-ring (bicyclic) bond motifs is 1. The number of primary amides is 2. The van der Waals surface area contributed by atoms with E-state index in [9.17, 15) is 48.6 Å². The Hall–Kier alpha value is -5.52. The molecule has 13 N–H and O–H groups in total. The van der Waals surface area contributed by atoms with Gasteiger partial charge in [0.1, 0.15) is 24.2 Å². The molecule has 5 atom stereocenters. The monoisotopic (exact) mass is 702 g/mol. The van der Waals surface area contributed by atoms with Gasteiger partial charge in [0.2, 0.25) is 35.4 Å². The molecule has 2 rings (SSSR count). The predicted octanol–water partition coefficient (Wildman–Crippen LogP) is -1.50. The molecule has 0 spiro atoms. The van der Waals surface area contributed by atoms with Crippen LogP contribution in [0.2, 0.25) is 0 Å². The quantitative estimate of drug-likeness (QED) is 0.0673. The molecule has 50 heavy (non-hydrogen) atoms. The summed E-state index contributed by atoms with van der Waals surface area (Å²) < 4.78 is 0. The Kier molecular flexibility index (Phi) is 15.8. The highest BCUT2D eigenvalue weighted by atomic mass is 16.4. The van der Waals surface area contributed by atoms with Crippen molar-refractivity contribution in [3.8, 4) is 0 Å². The van der Waals surface area contributed by atoms with Crippen LogP contribution in [0.5, 0.6) is 0 Å². The van der Waals surface area contributed by atoms with Crippen LogP contribution in [0, 0.1) is 5.92 Å². The van der Waals surface area contributed by atoms with Gasteiger partial charge in [0.05, 0.1) is 6.04 Å². The normalized spacial score (nSPS) is 14.1. The van der Waals surface area contributed by atoms with Gasteiger partial charge in [-0.3, -0.25) is 33.6 Å². The SMILES string of the molecule is CC(C)C[C@H](NC(=O)[C@H](CCC(=O)O)NC(=O)[C@@H](N)Cc1c[nH]c2ccccc12)C(=O)N[C@@H](CCC(N)=O)C(=O)N[C@@H](CCC(N)=O)C(=O)O. The summed E-state index contributed by atoms with van der Waals surface area (Å²) in [5.41, 5.74) is 18.1. The summed E-state index contributed by atoms with van der Waals surface area (Å²) in [7, 11) is 0. The van der Waals surface area contributed by atoms with E-state index in [1.54, 1.807) is 20.0 Å². The minimum Gasteiger partial charge on any atom is -0.481 e. The molecule has 0 fully saturated rings. The lowest BCUT2D eigenvalue weighted by Gasteiger charge is -2.27. The summed E-state index contributed by atoms with van der Waals surface area (Å²) in [6.07, 6.45) is -0.412. The maximum atomic E-state index is 13.5. The number of carboxylic acid groups (broad SMARTS) is 2. The van der Waals surface area contributed by atoms with Gasteiger partial charge in [-0.25, -0.2) is 4.79 Å². The summed E-state index contributed by atoms with van der Waals surface area (Å²) in [6, 6.07) is 0.493. The molecule has 1 heterocycles. The van der Waals surface area contributed by atoms with E-state index in [4.69, 9.17) is 17.2 Å². The van der Waals surface area contributed by atoms with E-state index in [2.05, 4.69) is 26.3 Å². The summed E-state index contributed by atoms with van der Waals surface area (Å²) in [5, 5.41) is 29.2. The number of rotatable bonds is 22. The number of carbonyl (C=O) groups is 8. The van der Waals surface area contributed by atoms with Crippen LogP contribution in [0.1, 0.15) is 64.4 Å². The zero-order chi connectivity index (χ0) is 37.5. The number of nitrogens with one attached hydrogen (secondary N) is 5. The van der Waals surface area contributed by atoms with Crippen molar-refractivity contribution in [3.05, 3.63) is 36.0 Å². The molecule has 1 aromatic heterocycles. The lowest BCUT2D eigenvalue weighted by Crippen LogP contribution is -2.59. The third-order valence-corrected chi connectivity index (χ3v) is 7.68. The van der Waals surface area contributed by atoms with Crippen LogP contribution in [0.15, 0.2) is 30.5 Å². The molecule has 0 saturated carbocycles. The fraction of sp³-hybridized carbons (Fsp3) is 0.500.